The fraction of sp³-hybridized carbons (Fsp3) is 0.556. The summed E-state index contributed by atoms with van der Waals surface area (Å²) in [7, 11) is 1.90. The maximum absolute atomic E-state index is 4.00. The highest BCUT2D eigenvalue weighted by atomic mass is 15.1. The molecule has 0 saturated carbocycles. The van der Waals surface area contributed by atoms with Gasteiger partial charge in [-0.3, -0.25) is 0 Å². The van der Waals surface area contributed by atoms with Crippen molar-refractivity contribution in [1.82, 2.24) is 16.0 Å². The summed E-state index contributed by atoms with van der Waals surface area (Å²) in [6, 6.07) is 11.0. The molecule has 3 heteroatoms. The highest BCUT2D eigenvalue weighted by molar-refractivity contribution is 5.16. The Kier molecular flexibility index (Phi) is 7.91. The van der Waals surface area contributed by atoms with Gasteiger partial charge in [0, 0.05) is 13.1 Å². The molecule has 0 spiro atoms. The second-order valence-electron chi connectivity index (χ2n) is 6.20. The highest BCUT2D eigenvalue weighted by Gasteiger charge is 2.18. The lowest BCUT2D eigenvalue weighted by molar-refractivity contribution is 0.366. The maximum Gasteiger partial charge on any atom is 0.0912 e. The van der Waals surface area contributed by atoms with Crippen molar-refractivity contribution in [1.29, 1.82) is 0 Å². The van der Waals surface area contributed by atoms with Crippen molar-refractivity contribution in [2.24, 2.45) is 11.8 Å². The predicted octanol–water partition coefficient (Wildman–Crippen LogP) is 2.76. The number of nitrogens with one attached hydrogen (secondary N) is 3. The molecule has 0 bridgehead atoms. The van der Waals surface area contributed by atoms with Crippen LogP contribution in [0.4, 0.5) is 0 Å². The minimum Gasteiger partial charge on any atom is -0.375 e. The molecule has 0 aromatic heterocycles. The summed E-state index contributed by atoms with van der Waals surface area (Å²) in [5.41, 5.74) is 1.36. The van der Waals surface area contributed by atoms with Gasteiger partial charge in [0.1, 0.15) is 0 Å². The largest absolute Gasteiger partial charge is 0.375 e. The molecule has 0 heterocycles. The molecule has 3 nitrogen and oxygen atoms in total. The van der Waals surface area contributed by atoms with E-state index in [9.17, 15) is 0 Å². The fourth-order valence-corrected chi connectivity index (χ4v) is 2.30. The summed E-state index contributed by atoms with van der Waals surface area (Å²) >= 11 is 0. The molecular weight excluding hydrogens is 258 g/mol. The van der Waals surface area contributed by atoms with Gasteiger partial charge in [-0.1, -0.05) is 57.7 Å². The van der Waals surface area contributed by atoms with E-state index in [4.69, 9.17) is 0 Å². The molecule has 0 amide bonds. The lowest BCUT2D eigenvalue weighted by Gasteiger charge is -2.28. The maximum atomic E-state index is 4.00. The SMILES string of the molecule is C=C(NC)NC(Cc1ccccc1)C(C)CNCC(C)C. The summed E-state index contributed by atoms with van der Waals surface area (Å²) in [4.78, 5) is 0. The third kappa shape index (κ3) is 7.19. The topological polar surface area (TPSA) is 36.1 Å². The van der Waals surface area contributed by atoms with Crippen LogP contribution in [0, 0.1) is 11.8 Å². The van der Waals surface area contributed by atoms with E-state index in [0.717, 1.165) is 25.3 Å². The molecule has 0 radical (unpaired) electrons. The van der Waals surface area contributed by atoms with Crippen molar-refractivity contribution < 1.29 is 0 Å². The molecule has 1 aromatic rings. The molecule has 1 aromatic carbocycles. The molecule has 2 atom stereocenters. The Morgan fingerprint density at radius 1 is 1.10 bits per heavy atom. The third-order valence-electron chi connectivity index (χ3n) is 3.67. The van der Waals surface area contributed by atoms with E-state index in [1.165, 1.54) is 5.56 Å². The predicted molar refractivity (Wildman–Crippen MR) is 92.1 cm³/mol. The molecule has 118 valence electrons. The fourth-order valence-electron chi connectivity index (χ4n) is 2.30. The van der Waals surface area contributed by atoms with Crippen LogP contribution in [0.15, 0.2) is 42.7 Å². The average molecular weight is 289 g/mol. The zero-order valence-corrected chi connectivity index (χ0v) is 13.9. The van der Waals surface area contributed by atoms with Gasteiger partial charge in [-0.2, -0.15) is 0 Å². The summed E-state index contributed by atoms with van der Waals surface area (Å²) < 4.78 is 0. The minimum absolute atomic E-state index is 0.368. The van der Waals surface area contributed by atoms with Gasteiger partial charge in [0.15, 0.2) is 0 Å². The van der Waals surface area contributed by atoms with E-state index >= 15 is 0 Å². The van der Waals surface area contributed by atoms with Gasteiger partial charge in [-0.05, 0) is 36.9 Å². The van der Waals surface area contributed by atoms with Crippen molar-refractivity contribution in [2.45, 2.75) is 33.2 Å². The van der Waals surface area contributed by atoms with Crippen molar-refractivity contribution >= 4 is 0 Å². The van der Waals surface area contributed by atoms with E-state index in [1.807, 2.05) is 7.05 Å². The Bertz CT molecular complexity index is 400. The Balaban J connectivity index is 2.60. The summed E-state index contributed by atoms with van der Waals surface area (Å²) in [5, 5.41) is 10.1. The standard InChI is InChI=1S/C18H31N3/c1-14(2)12-20-13-15(3)18(21-16(4)19-5)11-17-9-7-6-8-10-17/h6-10,14-15,18-21H,4,11-13H2,1-3,5H3. The van der Waals surface area contributed by atoms with Gasteiger partial charge in [-0.25, -0.2) is 0 Å². The molecule has 0 aliphatic rings. The van der Waals surface area contributed by atoms with Crippen LogP contribution in [-0.4, -0.2) is 26.2 Å². The van der Waals surface area contributed by atoms with E-state index in [-0.39, 0.29) is 0 Å². The molecule has 21 heavy (non-hydrogen) atoms. The first-order valence-corrected chi connectivity index (χ1v) is 7.90. The van der Waals surface area contributed by atoms with Crippen molar-refractivity contribution in [3.8, 4) is 0 Å². The molecule has 0 aliphatic carbocycles. The van der Waals surface area contributed by atoms with Gasteiger partial charge in [0.05, 0.1) is 5.82 Å². The molecule has 0 saturated heterocycles. The number of rotatable bonds is 10. The third-order valence-corrected chi connectivity index (χ3v) is 3.67. The van der Waals surface area contributed by atoms with Crippen molar-refractivity contribution in [3.63, 3.8) is 0 Å². The van der Waals surface area contributed by atoms with Crippen LogP contribution in [0.3, 0.4) is 0 Å². The normalized spacial score (nSPS) is 13.8. The molecule has 0 fully saturated rings. The first-order valence-electron chi connectivity index (χ1n) is 7.90. The smallest absolute Gasteiger partial charge is 0.0912 e. The molecular formula is C18H31N3. The average Bonchev–Trinajstić information content (AvgIpc) is 2.47. The molecule has 3 N–H and O–H groups in total. The van der Waals surface area contributed by atoms with Crippen LogP contribution in [0.5, 0.6) is 0 Å². The molecule has 0 aliphatic heterocycles. The van der Waals surface area contributed by atoms with Crippen molar-refractivity contribution in [2.75, 3.05) is 20.1 Å². The Morgan fingerprint density at radius 2 is 1.76 bits per heavy atom. The van der Waals surface area contributed by atoms with Gasteiger partial charge >= 0.3 is 0 Å². The first kappa shape index (κ1) is 17.6. The number of benzene rings is 1. The molecule has 1 rings (SSSR count). The highest BCUT2D eigenvalue weighted by Crippen LogP contribution is 2.11. The quantitative estimate of drug-likeness (QED) is 0.620. The lowest BCUT2D eigenvalue weighted by Crippen LogP contribution is -2.43. The van der Waals surface area contributed by atoms with Gasteiger partial charge < -0.3 is 16.0 Å². The lowest BCUT2D eigenvalue weighted by atomic mass is 9.94. The van der Waals surface area contributed by atoms with E-state index in [0.29, 0.717) is 17.9 Å². The summed E-state index contributed by atoms with van der Waals surface area (Å²) in [5.74, 6) is 2.09. The Morgan fingerprint density at radius 3 is 2.33 bits per heavy atom. The second-order valence-corrected chi connectivity index (χ2v) is 6.20. The van der Waals surface area contributed by atoms with Gasteiger partial charge in [-0.15, -0.1) is 0 Å². The monoisotopic (exact) mass is 289 g/mol. The summed E-state index contributed by atoms with van der Waals surface area (Å²) in [6.45, 7) is 12.8. The zero-order chi connectivity index (χ0) is 15.7. The first-order chi connectivity index (χ1) is 10.0. The van der Waals surface area contributed by atoms with E-state index < -0.39 is 0 Å². The zero-order valence-electron chi connectivity index (χ0n) is 13.9. The summed E-state index contributed by atoms with van der Waals surface area (Å²) in [6.07, 6.45) is 1.01. The Hall–Kier alpha value is -1.48. The van der Waals surface area contributed by atoms with Gasteiger partial charge in [0.25, 0.3) is 0 Å². The van der Waals surface area contributed by atoms with E-state index in [2.05, 4.69) is 73.6 Å². The Labute approximate surface area is 130 Å². The van der Waals surface area contributed by atoms with Crippen LogP contribution in [0.1, 0.15) is 26.3 Å². The number of hydrogen-bond acceptors (Lipinski definition) is 3. The van der Waals surface area contributed by atoms with Crippen LogP contribution in [-0.2, 0) is 6.42 Å². The second kappa shape index (κ2) is 9.46. The number of hydrogen-bond donors (Lipinski definition) is 3. The van der Waals surface area contributed by atoms with Crippen LogP contribution < -0.4 is 16.0 Å². The van der Waals surface area contributed by atoms with Crippen LogP contribution in [0.25, 0.3) is 0 Å². The minimum atomic E-state index is 0.368. The van der Waals surface area contributed by atoms with Crippen molar-refractivity contribution in [3.05, 3.63) is 48.3 Å². The molecule has 2 unspecified atom stereocenters. The van der Waals surface area contributed by atoms with E-state index in [1.54, 1.807) is 0 Å². The van der Waals surface area contributed by atoms with Crippen LogP contribution in [0.2, 0.25) is 0 Å². The van der Waals surface area contributed by atoms with Gasteiger partial charge in [0.2, 0.25) is 0 Å². The van der Waals surface area contributed by atoms with Crippen LogP contribution >= 0.6 is 0 Å².